The maximum atomic E-state index is 12.3. The van der Waals surface area contributed by atoms with Gasteiger partial charge in [0.2, 0.25) is 10.0 Å². The van der Waals surface area contributed by atoms with Crippen molar-refractivity contribution in [3.05, 3.63) is 18.2 Å². The normalized spacial score (nSPS) is 23.3. The van der Waals surface area contributed by atoms with E-state index in [-0.39, 0.29) is 11.4 Å². The SMILES string of the molecule is CCCS(=O)(=O)N1CCOC2(CCN(Cc3ncc[nH]3)CC2)C1. The monoisotopic (exact) mass is 342 g/mol. The molecular weight excluding hydrogens is 316 g/mol. The highest BCUT2D eigenvalue weighted by molar-refractivity contribution is 7.89. The van der Waals surface area contributed by atoms with Crippen molar-refractivity contribution in [2.24, 2.45) is 0 Å². The predicted molar refractivity (Wildman–Crippen MR) is 87.4 cm³/mol. The van der Waals surface area contributed by atoms with Gasteiger partial charge in [-0.05, 0) is 19.3 Å². The van der Waals surface area contributed by atoms with Crippen LogP contribution < -0.4 is 0 Å². The first-order chi connectivity index (χ1) is 11.0. The van der Waals surface area contributed by atoms with Crippen molar-refractivity contribution in [1.29, 1.82) is 0 Å². The molecule has 2 aliphatic heterocycles. The average Bonchev–Trinajstić information content (AvgIpc) is 3.03. The lowest BCUT2D eigenvalue weighted by Crippen LogP contribution is -2.58. The van der Waals surface area contributed by atoms with Gasteiger partial charge >= 0.3 is 0 Å². The lowest BCUT2D eigenvalue weighted by atomic mass is 9.90. The summed E-state index contributed by atoms with van der Waals surface area (Å²) in [7, 11) is -3.14. The Morgan fingerprint density at radius 2 is 2.13 bits per heavy atom. The van der Waals surface area contributed by atoms with Gasteiger partial charge in [-0.2, -0.15) is 4.31 Å². The maximum absolute atomic E-state index is 12.3. The number of aromatic nitrogens is 2. The molecule has 0 saturated carbocycles. The van der Waals surface area contributed by atoms with Crippen LogP contribution in [0.2, 0.25) is 0 Å². The molecule has 1 aromatic heterocycles. The van der Waals surface area contributed by atoms with Crippen LogP contribution in [0.1, 0.15) is 32.0 Å². The first kappa shape index (κ1) is 16.9. The van der Waals surface area contributed by atoms with E-state index in [2.05, 4.69) is 14.9 Å². The number of sulfonamides is 1. The first-order valence-electron chi connectivity index (χ1n) is 8.35. The summed E-state index contributed by atoms with van der Waals surface area (Å²) in [5.41, 5.74) is -0.307. The molecule has 130 valence electrons. The highest BCUT2D eigenvalue weighted by Crippen LogP contribution is 2.31. The molecule has 8 heteroatoms. The number of aromatic amines is 1. The first-order valence-corrected chi connectivity index (χ1v) is 9.96. The lowest BCUT2D eigenvalue weighted by Gasteiger charge is -2.46. The second-order valence-electron chi connectivity index (χ2n) is 6.49. The quantitative estimate of drug-likeness (QED) is 0.857. The summed E-state index contributed by atoms with van der Waals surface area (Å²) in [5, 5.41) is 0. The number of H-pyrrole nitrogens is 1. The third-order valence-corrected chi connectivity index (χ3v) is 6.79. The lowest BCUT2D eigenvalue weighted by molar-refractivity contribution is -0.120. The molecule has 0 bridgehead atoms. The zero-order valence-corrected chi connectivity index (χ0v) is 14.5. The Morgan fingerprint density at radius 1 is 1.35 bits per heavy atom. The zero-order chi connectivity index (χ0) is 16.3. The third kappa shape index (κ3) is 3.93. The van der Waals surface area contributed by atoms with E-state index in [1.165, 1.54) is 0 Å². The molecule has 0 radical (unpaired) electrons. The molecule has 0 unspecified atom stereocenters. The number of hydrogen-bond acceptors (Lipinski definition) is 5. The van der Waals surface area contributed by atoms with E-state index >= 15 is 0 Å². The smallest absolute Gasteiger partial charge is 0.214 e. The molecule has 2 saturated heterocycles. The van der Waals surface area contributed by atoms with Crippen molar-refractivity contribution >= 4 is 10.0 Å². The number of nitrogens with one attached hydrogen (secondary N) is 1. The number of imidazole rings is 1. The fraction of sp³-hybridized carbons (Fsp3) is 0.800. The van der Waals surface area contributed by atoms with Crippen molar-refractivity contribution in [3.8, 4) is 0 Å². The highest BCUT2D eigenvalue weighted by Gasteiger charge is 2.42. The van der Waals surface area contributed by atoms with Gasteiger partial charge in [-0.25, -0.2) is 13.4 Å². The van der Waals surface area contributed by atoms with Crippen molar-refractivity contribution < 1.29 is 13.2 Å². The van der Waals surface area contributed by atoms with Crippen LogP contribution in [0.4, 0.5) is 0 Å². The summed E-state index contributed by atoms with van der Waals surface area (Å²) >= 11 is 0. The van der Waals surface area contributed by atoms with E-state index < -0.39 is 10.0 Å². The Kier molecular flexibility index (Phi) is 5.05. The van der Waals surface area contributed by atoms with Crippen LogP contribution in [-0.4, -0.2) is 71.7 Å². The summed E-state index contributed by atoms with van der Waals surface area (Å²) < 4.78 is 32.3. The Labute approximate surface area is 138 Å². The minimum atomic E-state index is -3.14. The van der Waals surface area contributed by atoms with Gasteiger partial charge in [-0.15, -0.1) is 0 Å². The molecule has 23 heavy (non-hydrogen) atoms. The number of likely N-dealkylation sites (tertiary alicyclic amines) is 1. The van der Waals surface area contributed by atoms with Gasteiger partial charge in [0.1, 0.15) is 5.82 Å². The summed E-state index contributed by atoms with van der Waals surface area (Å²) in [4.78, 5) is 9.73. The number of morpholine rings is 1. The molecule has 3 heterocycles. The summed E-state index contributed by atoms with van der Waals surface area (Å²) in [5.74, 6) is 1.20. The Hall–Kier alpha value is -0.960. The molecule has 2 aliphatic rings. The summed E-state index contributed by atoms with van der Waals surface area (Å²) in [6.07, 6.45) is 5.99. The molecule has 1 N–H and O–H groups in total. The summed E-state index contributed by atoms with van der Waals surface area (Å²) in [6, 6.07) is 0. The van der Waals surface area contributed by atoms with Crippen molar-refractivity contribution in [2.75, 3.05) is 38.5 Å². The largest absolute Gasteiger partial charge is 0.372 e. The fourth-order valence-electron chi connectivity index (χ4n) is 3.45. The van der Waals surface area contributed by atoms with Gasteiger partial charge in [-0.1, -0.05) is 6.92 Å². The Morgan fingerprint density at radius 3 is 2.78 bits per heavy atom. The highest BCUT2D eigenvalue weighted by atomic mass is 32.2. The van der Waals surface area contributed by atoms with E-state index in [9.17, 15) is 8.42 Å². The second kappa shape index (κ2) is 6.88. The number of hydrogen-bond donors (Lipinski definition) is 1. The molecule has 0 aliphatic carbocycles. The van der Waals surface area contributed by atoms with E-state index in [0.717, 1.165) is 38.3 Å². The van der Waals surface area contributed by atoms with Crippen molar-refractivity contribution in [1.82, 2.24) is 19.2 Å². The van der Waals surface area contributed by atoms with Crippen LogP contribution in [-0.2, 0) is 21.3 Å². The number of ether oxygens (including phenoxy) is 1. The van der Waals surface area contributed by atoms with Gasteiger partial charge in [0.15, 0.2) is 0 Å². The topological polar surface area (TPSA) is 78.5 Å². The predicted octanol–water partition coefficient (Wildman–Crippen LogP) is 0.816. The number of nitrogens with zero attached hydrogens (tertiary/aromatic N) is 3. The van der Waals surface area contributed by atoms with E-state index in [4.69, 9.17) is 4.74 Å². The third-order valence-electron chi connectivity index (χ3n) is 4.76. The minimum absolute atomic E-state index is 0.230. The van der Waals surface area contributed by atoms with E-state index in [1.807, 2.05) is 13.1 Å². The number of rotatable bonds is 5. The molecule has 1 spiro atoms. The van der Waals surface area contributed by atoms with Crippen molar-refractivity contribution in [3.63, 3.8) is 0 Å². The molecule has 1 aromatic rings. The molecule has 0 atom stereocenters. The van der Waals surface area contributed by atoms with Crippen LogP contribution in [0.15, 0.2) is 12.4 Å². The Bertz CT molecular complexity index is 594. The van der Waals surface area contributed by atoms with Crippen LogP contribution >= 0.6 is 0 Å². The van der Waals surface area contributed by atoms with Gasteiger partial charge in [-0.3, -0.25) is 4.90 Å². The fourth-order valence-corrected chi connectivity index (χ4v) is 5.01. The Balaban J connectivity index is 1.58. The van der Waals surface area contributed by atoms with Gasteiger partial charge < -0.3 is 9.72 Å². The molecule has 3 rings (SSSR count). The molecular formula is C15H26N4O3S. The molecule has 0 aromatic carbocycles. The second-order valence-corrected chi connectivity index (χ2v) is 8.58. The number of piperidine rings is 1. The molecule has 0 amide bonds. The zero-order valence-electron chi connectivity index (χ0n) is 13.7. The molecule has 2 fully saturated rings. The van der Waals surface area contributed by atoms with Gasteiger partial charge in [0, 0.05) is 38.6 Å². The molecule has 7 nitrogen and oxygen atoms in total. The van der Waals surface area contributed by atoms with Gasteiger partial charge in [0.25, 0.3) is 0 Å². The van der Waals surface area contributed by atoms with E-state index in [0.29, 0.717) is 26.1 Å². The van der Waals surface area contributed by atoms with Crippen LogP contribution in [0.25, 0.3) is 0 Å². The van der Waals surface area contributed by atoms with Crippen molar-refractivity contribution in [2.45, 2.75) is 38.3 Å². The average molecular weight is 342 g/mol. The maximum Gasteiger partial charge on any atom is 0.214 e. The van der Waals surface area contributed by atoms with Crippen LogP contribution in [0.5, 0.6) is 0 Å². The van der Waals surface area contributed by atoms with E-state index in [1.54, 1.807) is 10.5 Å². The van der Waals surface area contributed by atoms with Gasteiger partial charge in [0.05, 0.1) is 24.5 Å². The standard InChI is InChI=1S/C15H26N4O3S/c1-2-11-23(20,21)19-9-10-22-15(13-19)3-7-18(8-4-15)12-14-16-5-6-17-14/h5-6H,2-4,7-13H2,1H3,(H,16,17). The summed E-state index contributed by atoms with van der Waals surface area (Å²) in [6.45, 7) is 6.01. The van der Waals surface area contributed by atoms with Crippen LogP contribution in [0.3, 0.4) is 0 Å². The van der Waals surface area contributed by atoms with Crippen LogP contribution in [0, 0.1) is 0 Å². The minimum Gasteiger partial charge on any atom is -0.372 e.